The molecule has 1 heterocycles. The van der Waals surface area contributed by atoms with Crippen molar-refractivity contribution in [3.63, 3.8) is 0 Å². The Labute approximate surface area is 122 Å². The summed E-state index contributed by atoms with van der Waals surface area (Å²) in [7, 11) is 1.33. The summed E-state index contributed by atoms with van der Waals surface area (Å²) in [6.07, 6.45) is 0.689. The predicted octanol–water partition coefficient (Wildman–Crippen LogP) is 2.16. The summed E-state index contributed by atoms with van der Waals surface area (Å²) < 4.78 is 6.29. The van der Waals surface area contributed by atoms with Crippen molar-refractivity contribution < 1.29 is 14.3 Å². The van der Waals surface area contributed by atoms with Crippen molar-refractivity contribution in [1.29, 1.82) is 0 Å². The third kappa shape index (κ3) is 2.84. The number of nitrogens with zero attached hydrogens (tertiary/aromatic N) is 3. The van der Waals surface area contributed by atoms with Gasteiger partial charge in [-0.15, -0.1) is 5.10 Å². The molecule has 6 heteroatoms. The van der Waals surface area contributed by atoms with Crippen LogP contribution in [0.25, 0.3) is 5.69 Å². The normalized spacial score (nSPS) is 11.2. The van der Waals surface area contributed by atoms with Crippen molar-refractivity contribution >= 4 is 12.3 Å². The maximum Gasteiger partial charge on any atom is 0.337 e. The quantitative estimate of drug-likeness (QED) is 0.639. The molecule has 0 aliphatic rings. The predicted molar refractivity (Wildman–Crippen MR) is 76.8 cm³/mol. The van der Waals surface area contributed by atoms with Gasteiger partial charge in [0, 0.05) is 5.41 Å². The summed E-state index contributed by atoms with van der Waals surface area (Å²) in [6, 6.07) is 6.84. The molecule has 0 unspecified atom stereocenters. The lowest BCUT2D eigenvalue weighted by atomic mass is 9.90. The molecule has 0 fully saturated rings. The highest BCUT2D eigenvalue weighted by molar-refractivity contribution is 5.90. The number of hydrogen-bond donors (Lipinski definition) is 0. The van der Waals surface area contributed by atoms with Gasteiger partial charge in [-0.25, -0.2) is 9.48 Å². The number of rotatable bonds is 3. The van der Waals surface area contributed by atoms with Crippen LogP contribution in [0, 0.1) is 0 Å². The zero-order valence-electron chi connectivity index (χ0n) is 12.5. The molecule has 0 atom stereocenters. The highest BCUT2D eigenvalue weighted by Gasteiger charge is 2.26. The van der Waals surface area contributed by atoms with Gasteiger partial charge in [-0.1, -0.05) is 32.1 Å². The van der Waals surface area contributed by atoms with Crippen LogP contribution in [0.2, 0.25) is 0 Å². The van der Waals surface area contributed by atoms with Gasteiger partial charge in [0.05, 0.1) is 24.1 Å². The number of ether oxygens (including phenoxy) is 1. The Balaban J connectivity index is 2.60. The minimum absolute atomic E-state index is 0.297. The monoisotopic (exact) mass is 287 g/mol. The minimum Gasteiger partial charge on any atom is -0.465 e. The van der Waals surface area contributed by atoms with E-state index in [1.54, 1.807) is 28.9 Å². The van der Waals surface area contributed by atoms with Gasteiger partial charge >= 0.3 is 5.97 Å². The second kappa shape index (κ2) is 5.47. The Morgan fingerprint density at radius 2 is 2.05 bits per heavy atom. The Morgan fingerprint density at radius 3 is 2.62 bits per heavy atom. The molecule has 0 spiro atoms. The van der Waals surface area contributed by atoms with Crippen molar-refractivity contribution in [2.45, 2.75) is 26.2 Å². The van der Waals surface area contributed by atoms with Crippen LogP contribution in [0.15, 0.2) is 24.3 Å². The molecule has 1 aromatic heterocycles. The molecule has 0 saturated heterocycles. The van der Waals surface area contributed by atoms with Crippen molar-refractivity contribution in [3.05, 3.63) is 41.2 Å². The molecule has 0 aliphatic heterocycles. The fourth-order valence-corrected chi connectivity index (χ4v) is 2.14. The highest BCUT2D eigenvalue weighted by atomic mass is 16.5. The zero-order valence-corrected chi connectivity index (χ0v) is 12.5. The molecule has 0 radical (unpaired) electrons. The molecular weight excluding hydrogens is 270 g/mol. The van der Waals surface area contributed by atoms with Crippen molar-refractivity contribution in [2.24, 2.45) is 0 Å². The average Bonchev–Trinajstić information content (AvgIpc) is 2.90. The van der Waals surface area contributed by atoms with E-state index >= 15 is 0 Å². The lowest BCUT2D eigenvalue weighted by molar-refractivity contribution is 0.0600. The number of carbonyl (C=O) groups excluding carboxylic acids is 2. The molecule has 6 nitrogen and oxygen atoms in total. The standard InChI is InChI=1S/C15H17N3O3/c1-15(2,3)13-12(9-19)16-17-18(13)11-7-5-6-10(8-11)14(20)21-4/h5-9H,1-4H3. The van der Waals surface area contributed by atoms with Gasteiger partial charge in [0.1, 0.15) is 5.69 Å². The first-order valence-electron chi connectivity index (χ1n) is 6.48. The number of aldehydes is 1. The van der Waals surface area contributed by atoms with E-state index in [4.69, 9.17) is 4.74 Å². The molecule has 0 bridgehead atoms. The molecule has 110 valence electrons. The van der Waals surface area contributed by atoms with Gasteiger partial charge in [0.15, 0.2) is 6.29 Å². The van der Waals surface area contributed by atoms with Crippen LogP contribution in [-0.2, 0) is 10.2 Å². The van der Waals surface area contributed by atoms with Crippen LogP contribution >= 0.6 is 0 Å². The van der Waals surface area contributed by atoms with E-state index in [2.05, 4.69) is 10.3 Å². The van der Waals surface area contributed by atoms with E-state index in [9.17, 15) is 9.59 Å². The van der Waals surface area contributed by atoms with Gasteiger partial charge in [0.25, 0.3) is 0 Å². The van der Waals surface area contributed by atoms with Crippen molar-refractivity contribution in [3.8, 4) is 5.69 Å². The van der Waals surface area contributed by atoms with Crippen molar-refractivity contribution in [2.75, 3.05) is 7.11 Å². The van der Waals surface area contributed by atoms with Gasteiger partial charge in [0.2, 0.25) is 0 Å². The van der Waals surface area contributed by atoms with E-state index < -0.39 is 5.97 Å². The smallest absolute Gasteiger partial charge is 0.337 e. The van der Waals surface area contributed by atoms with Crippen LogP contribution in [-0.4, -0.2) is 34.4 Å². The first-order chi connectivity index (χ1) is 9.88. The van der Waals surface area contributed by atoms with Crippen molar-refractivity contribution in [1.82, 2.24) is 15.0 Å². The maximum atomic E-state index is 11.6. The summed E-state index contributed by atoms with van der Waals surface area (Å²) >= 11 is 0. The van der Waals surface area contributed by atoms with E-state index in [0.717, 1.165) is 0 Å². The maximum absolute atomic E-state index is 11.6. The Bertz CT molecular complexity index is 684. The summed E-state index contributed by atoms with van der Waals surface area (Å²) in [4.78, 5) is 22.8. The Hall–Kier alpha value is -2.50. The van der Waals surface area contributed by atoms with Gasteiger partial charge < -0.3 is 4.74 Å². The van der Waals surface area contributed by atoms with E-state index in [1.165, 1.54) is 7.11 Å². The van der Waals surface area contributed by atoms with E-state index in [-0.39, 0.29) is 5.41 Å². The number of aromatic nitrogens is 3. The number of methoxy groups -OCH3 is 1. The average molecular weight is 287 g/mol. The third-order valence-electron chi connectivity index (χ3n) is 3.03. The third-order valence-corrected chi connectivity index (χ3v) is 3.03. The van der Waals surface area contributed by atoms with Crippen LogP contribution in [0.1, 0.15) is 47.3 Å². The van der Waals surface area contributed by atoms with Crippen LogP contribution in [0.4, 0.5) is 0 Å². The largest absolute Gasteiger partial charge is 0.465 e. The topological polar surface area (TPSA) is 74.1 Å². The zero-order chi connectivity index (χ0) is 15.6. The molecule has 0 saturated carbocycles. The first kappa shape index (κ1) is 14.9. The molecule has 1 aromatic carbocycles. The SMILES string of the molecule is COC(=O)c1cccc(-n2nnc(C=O)c2C(C)(C)C)c1. The fourth-order valence-electron chi connectivity index (χ4n) is 2.14. The fraction of sp³-hybridized carbons (Fsp3) is 0.333. The molecule has 0 aliphatic carbocycles. The molecule has 21 heavy (non-hydrogen) atoms. The lowest BCUT2D eigenvalue weighted by Gasteiger charge is -2.20. The molecule has 2 aromatic rings. The Morgan fingerprint density at radius 1 is 1.33 bits per heavy atom. The summed E-state index contributed by atoms with van der Waals surface area (Å²) in [5, 5.41) is 7.93. The van der Waals surface area contributed by atoms with E-state index in [0.29, 0.717) is 28.9 Å². The lowest BCUT2D eigenvalue weighted by Crippen LogP contribution is -2.19. The minimum atomic E-state index is -0.426. The molecular formula is C15H17N3O3. The number of carbonyl (C=O) groups is 2. The van der Waals surface area contributed by atoms with Crippen LogP contribution in [0.5, 0.6) is 0 Å². The van der Waals surface area contributed by atoms with Gasteiger partial charge in [-0.3, -0.25) is 4.79 Å². The Kier molecular flexibility index (Phi) is 3.88. The highest BCUT2D eigenvalue weighted by Crippen LogP contribution is 2.26. The second-order valence-corrected chi connectivity index (χ2v) is 5.64. The molecule has 0 amide bonds. The van der Waals surface area contributed by atoms with Gasteiger partial charge in [-0.2, -0.15) is 0 Å². The second-order valence-electron chi connectivity index (χ2n) is 5.64. The summed E-state index contributed by atoms with van der Waals surface area (Å²) in [5.41, 5.74) is 1.74. The number of esters is 1. The van der Waals surface area contributed by atoms with Gasteiger partial charge in [-0.05, 0) is 18.2 Å². The number of hydrogen-bond acceptors (Lipinski definition) is 5. The summed E-state index contributed by atoms with van der Waals surface area (Å²) in [5.74, 6) is -0.426. The van der Waals surface area contributed by atoms with Crippen LogP contribution in [0.3, 0.4) is 0 Å². The molecule has 0 N–H and O–H groups in total. The summed E-state index contributed by atoms with van der Waals surface area (Å²) in [6.45, 7) is 5.91. The first-order valence-corrected chi connectivity index (χ1v) is 6.48. The van der Waals surface area contributed by atoms with Crippen LogP contribution < -0.4 is 0 Å². The van der Waals surface area contributed by atoms with E-state index in [1.807, 2.05) is 20.8 Å². The number of benzene rings is 1. The molecule has 2 rings (SSSR count).